The molecule has 1 fully saturated rings. The molecule has 0 unspecified atom stereocenters. The van der Waals surface area contributed by atoms with Gasteiger partial charge in [-0.2, -0.15) is 0 Å². The minimum absolute atomic E-state index is 0.0542. The number of likely N-dealkylation sites (tertiary alicyclic amines) is 1. The number of fused-ring (bicyclic) bond motifs is 2. The SMILES string of the molecule is O=C(c1cc2ccccc2o1)N1CCC(Oc2cccc3cccnc23)CC1. The number of aromatic nitrogens is 1. The summed E-state index contributed by atoms with van der Waals surface area (Å²) in [7, 11) is 0. The third-order valence-electron chi connectivity index (χ3n) is 5.25. The Bertz CT molecular complexity index is 1100. The Kier molecular flexibility index (Phi) is 4.20. The lowest BCUT2D eigenvalue weighted by Crippen LogP contribution is -2.41. The number of carbonyl (C=O) groups is 1. The first-order chi connectivity index (χ1) is 13.8. The van der Waals surface area contributed by atoms with Crippen molar-refractivity contribution in [2.75, 3.05) is 13.1 Å². The largest absolute Gasteiger partial charge is 0.488 e. The van der Waals surface area contributed by atoms with Crippen LogP contribution in [0.15, 0.2) is 71.3 Å². The Morgan fingerprint density at radius 2 is 1.79 bits per heavy atom. The van der Waals surface area contributed by atoms with E-state index >= 15 is 0 Å². The molecule has 1 aliphatic rings. The summed E-state index contributed by atoms with van der Waals surface area (Å²) in [5, 5.41) is 2.02. The molecule has 0 N–H and O–H groups in total. The number of benzene rings is 2. The summed E-state index contributed by atoms with van der Waals surface area (Å²) < 4.78 is 11.9. The Morgan fingerprint density at radius 3 is 2.64 bits per heavy atom. The Labute approximate surface area is 162 Å². The van der Waals surface area contributed by atoms with Gasteiger partial charge in [0, 0.05) is 42.9 Å². The molecule has 5 nitrogen and oxygen atoms in total. The average Bonchev–Trinajstić information content (AvgIpc) is 3.18. The van der Waals surface area contributed by atoms with Crippen molar-refractivity contribution in [2.24, 2.45) is 0 Å². The van der Waals surface area contributed by atoms with Gasteiger partial charge in [0.05, 0.1) is 0 Å². The number of para-hydroxylation sites is 2. The maximum Gasteiger partial charge on any atom is 0.289 e. The molecular weight excluding hydrogens is 352 g/mol. The van der Waals surface area contributed by atoms with Gasteiger partial charge in [-0.25, -0.2) is 0 Å². The molecule has 2 aromatic carbocycles. The lowest BCUT2D eigenvalue weighted by atomic mass is 10.1. The van der Waals surface area contributed by atoms with Gasteiger partial charge in [-0.3, -0.25) is 9.78 Å². The first-order valence-corrected chi connectivity index (χ1v) is 9.56. The molecule has 0 atom stereocenters. The summed E-state index contributed by atoms with van der Waals surface area (Å²) in [6, 6.07) is 19.4. The van der Waals surface area contributed by atoms with Crippen molar-refractivity contribution < 1.29 is 13.9 Å². The Morgan fingerprint density at radius 1 is 1.00 bits per heavy atom. The number of hydrogen-bond acceptors (Lipinski definition) is 4. The predicted octanol–water partition coefficient (Wildman–Crippen LogP) is 4.66. The van der Waals surface area contributed by atoms with E-state index in [0.29, 0.717) is 18.8 Å². The van der Waals surface area contributed by atoms with Gasteiger partial charge in [-0.05, 0) is 24.3 Å². The van der Waals surface area contributed by atoms with Crippen LogP contribution in [0.4, 0.5) is 0 Å². The number of nitrogens with zero attached hydrogens (tertiary/aromatic N) is 2. The fourth-order valence-corrected chi connectivity index (χ4v) is 3.77. The van der Waals surface area contributed by atoms with Crippen LogP contribution in [0, 0.1) is 0 Å². The van der Waals surface area contributed by atoms with Gasteiger partial charge in [-0.15, -0.1) is 0 Å². The zero-order valence-corrected chi connectivity index (χ0v) is 15.4. The van der Waals surface area contributed by atoms with Crippen LogP contribution < -0.4 is 4.74 Å². The van der Waals surface area contributed by atoms with Gasteiger partial charge >= 0.3 is 0 Å². The van der Waals surface area contributed by atoms with Crippen molar-refractivity contribution in [1.29, 1.82) is 0 Å². The van der Waals surface area contributed by atoms with Crippen molar-refractivity contribution in [3.8, 4) is 5.75 Å². The minimum Gasteiger partial charge on any atom is -0.488 e. The molecular formula is C23H20N2O3. The third-order valence-corrected chi connectivity index (χ3v) is 5.25. The van der Waals surface area contributed by atoms with Crippen LogP contribution in [-0.2, 0) is 0 Å². The average molecular weight is 372 g/mol. The Balaban J connectivity index is 1.26. The molecule has 3 heterocycles. The van der Waals surface area contributed by atoms with E-state index in [4.69, 9.17) is 9.15 Å². The maximum atomic E-state index is 12.8. The van der Waals surface area contributed by atoms with E-state index in [0.717, 1.165) is 40.5 Å². The van der Waals surface area contributed by atoms with Crippen LogP contribution in [0.5, 0.6) is 5.75 Å². The van der Waals surface area contributed by atoms with Gasteiger partial charge in [0.2, 0.25) is 0 Å². The van der Waals surface area contributed by atoms with E-state index in [9.17, 15) is 4.79 Å². The summed E-state index contributed by atoms with van der Waals surface area (Å²) in [5.41, 5.74) is 1.62. The molecule has 0 saturated carbocycles. The van der Waals surface area contributed by atoms with Crippen molar-refractivity contribution in [1.82, 2.24) is 9.88 Å². The molecule has 5 rings (SSSR count). The van der Waals surface area contributed by atoms with E-state index in [1.165, 1.54) is 0 Å². The second-order valence-corrected chi connectivity index (χ2v) is 7.09. The summed E-state index contributed by atoms with van der Waals surface area (Å²) in [4.78, 5) is 19.1. The Hall–Kier alpha value is -3.34. The van der Waals surface area contributed by atoms with Gasteiger partial charge in [0.15, 0.2) is 5.76 Å². The second kappa shape index (κ2) is 7.00. The highest BCUT2D eigenvalue weighted by Gasteiger charge is 2.27. The third kappa shape index (κ3) is 3.09. The molecule has 28 heavy (non-hydrogen) atoms. The van der Waals surface area contributed by atoms with Crippen LogP contribution in [0.3, 0.4) is 0 Å². The molecule has 0 spiro atoms. The zero-order chi connectivity index (χ0) is 18.9. The number of pyridine rings is 1. The second-order valence-electron chi connectivity index (χ2n) is 7.09. The fraction of sp³-hybridized carbons (Fsp3) is 0.217. The molecule has 0 bridgehead atoms. The van der Waals surface area contributed by atoms with Gasteiger partial charge in [0.25, 0.3) is 5.91 Å². The number of piperidine rings is 1. The van der Waals surface area contributed by atoms with E-state index in [-0.39, 0.29) is 12.0 Å². The highest BCUT2D eigenvalue weighted by Crippen LogP contribution is 2.27. The number of ether oxygens (including phenoxy) is 1. The maximum absolute atomic E-state index is 12.8. The zero-order valence-electron chi connectivity index (χ0n) is 15.4. The summed E-state index contributed by atoms with van der Waals surface area (Å²) in [6.45, 7) is 1.30. The smallest absolute Gasteiger partial charge is 0.289 e. The van der Waals surface area contributed by atoms with Crippen molar-refractivity contribution in [2.45, 2.75) is 18.9 Å². The molecule has 1 amide bonds. The fourth-order valence-electron chi connectivity index (χ4n) is 3.77. The van der Waals surface area contributed by atoms with Crippen molar-refractivity contribution in [3.05, 3.63) is 72.6 Å². The van der Waals surface area contributed by atoms with E-state index in [1.54, 1.807) is 6.20 Å². The molecule has 5 heteroatoms. The number of amides is 1. The molecule has 0 aliphatic carbocycles. The van der Waals surface area contributed by atoms with Crippen molar-refractivity contribution in [3.63, 3.8) is 0 Å². The highest BCUT2D eigenvalue weighted by molar-refractivity contribution is 5.96. The molecule has 1 aliphatic heterocycles. The van der Waals surface area contributed by atoms with E-state index in [1.807, 2.05) is 65.6 Å². The first kappa shape index (κ1) is 16.8. The van der Waals surface area contributed by atoms with Crippen LogP contribution in [-0.4, -0.2) is 35.0 Å². The monoisotopic (exact) mass is 372 g/mol. The van der Waals surface area contributed by atoms with Crippen LogP contribution >= 0.6 is 0 Å². The number of rotatable bonds is 3. The van der Waals surface area contributed by atoms with E-state index < -0.39 is 0 Å². The minimum atomic E-state index is -0.0542. The lowest BCUT2D eigenvalue weighted by molar-refractivity contribution is 0.0571. The molecule has 0 radical (unpaired) electrons. The topological polar surface area (TPSA) is 55.6 Å². The van der Waals surface area contributed by atoms with Gasteiger partial charge < -0.3 is 14.1 Å². The first-order valence-electron chi connectivity index (χ1n) is 9.56. The molecule has 2 aromatic heterocycles. The van der Waals surface area contributed by atoms with E-state index in [2.05, 4.69) is 4.98 Å². The molecule has 4 aromatic rings. The number of carbonyl (C=O) groups excluding carboxylic acids is 1. The number of hydrogen-bond donors (Lipinski definition) is 0. The van der Waals surface area contributed by atoms with Crippen LogP contribution in [0.1, 0.15) is 23.4 Å². The summed E-state index contributed by atoms with van der Waals surface area (Å²) in [5.74, 6) is 1.15. The lowest BCUT2D eigenvalue weighted by Gasteiger charge is -2.31. The van der Waals surface area contributed by atoms with Crippen LogP contribution in [0.25, 0.3) is 21.9 Å². The highest BCUT2D eigenvalue weighted by atomic mass is 16.5. The number of furan rings is 1. The summed E-state index contributed by atoms with van der Waals surface area (Å²) in [6.07, 6.45) is 3.43. The molecule has 140 valence electrons. The van der Waals surface area contributed by atoms with Gasteiger partial charge in [0.1, 0.15) is 23.0 Å². The van der Waals surface area contributed by atoms with Gasteiger partial charge in [-0.1, -0.05) is 36.4 Å². The van der Waals surface area contributed by atoms with Crippen molar-refractivity contribution >= 4 is 27.8 Å². The quantitative estimate of drug-likeness (QED) is 0.525. The predicted molar refractivity (Wildman–Crippen MR) is 108 cm³/mol. The molecule has 1 saturated heterocycles. The standard InChI is InChI=1S/C23H20N2O3/c26-23(21-15-17-5-1-2-8-19(17)28-21)25-13-10-18(11-14-25)27-20-9-3-6-16-7-4-12-24-22(16)20/h1-9,12,15,18H,10-11,13-14H2. The summed E-state index contributed by atoms with van der Waals surface area (Å²) >= 11 is 0. The van der Waals surface area contributed by atoms with Crippen LogP contribution in [0.2, 0.25) is 0 Å². The normalized spacial score (nSPS) is 15.2.